The molecule has 0 bridgehead atoms. The van der Waals surface area contributed by atoms with Crippen molar-refractivity contribution in [3.05, 3.63) is 72.5 Å². The Morgan fingerprint density at radius 3 is 2.35 bits per heavy atom. The molecule has 3 rings (SSSR count). The van der Waals surface area contributed by atoms with Crippen molar-refractivity contribution in [3.8, 4) is 11.3 Å². The molecule has 1 heterocycles. The van der Waals surface area contributed by atoms with Gasteiger partial charge in [0.1, 0.15) is 5.76 Å². The molecule has 0 spiro atoms. The van der Waals surface area contributed by atoms with E-state index in [2.05, 4.69) is 0 Å². The van der Waals surface area contributed by atoms with Gasteiger partial charge in [-0.3, -0.25) is 4.79 Å². The molecular weight excluding hydrogens is 288 g/mol. The summed E-state index contributed by atoms with van der Waals surface area (Å²) in [6, 6.07) is 20.4. The fourth-order valence-electron chi connectivity index (χ4n) is 2.44. The van der Waals surface area contributed by atoms with Crippen LogP contribution in [-0.4, -0.2) is 12.5 Å². The molecule has 0 aliphatic carbocycles. The lowest BCUT2D eigenvalue weighted by Crippen LogP contribution is -2.30. The van der Waals surface area contributed by atoms with Crippen LogP contribution in [0.25, 0.3) is 11.3 Å². The van der Waals surface area contributed by atoms with E-state index in [-0.39, 0.29) is 5.91 Å². The first-order chi connectivity index (χ1) is 11.2. The first kappa shape index (κ1) is 14.9. The molecule has 3 aromatic rings. The van der Waals surface area contributed by atoms with Crippen LogP contribution in [0.1, 0.15) is 17.5 Å². The molecule has 0 saturated carbocycles. The zero-order chi connectivity index (χ0) is 16.2. The second kappa shape index (κ2) is 6.40. The second-order valence-electron chi connectivity index (χ2n) is 5.17. The van der Waals surface area contributed by atoms with Gasteiger partial charge in [0.25, 0.3) is 5.91 Å². The number of anilines is 2. The van der Waals surface area contributed by atoms with Crippen LogP contribution in [0.3, 0.4) is 0 Å². The van der Waals surface area contributed by atoms with Crippen molar-refractivity contribution in [1.29, 1.82) is 0 Å². The molecule has 0 fully saturated rings. The van der Waals surface area contributed by atoms with Gasteiger partial charge in [0.15, 0.2) is 5.76 Å². The number of benzene rings is 2. The Hall–Kier alpha value is -3.01. The van der Waals surface area contributed by atoms with E-state index < -0.39 is 0 Å². The minimum absolute atomic E-state index is 0.152. The predicted octanol–water partition coefficient (Wildman–Crippen LogP) is 4.20. The highest BCUT2D eigenvalue weighted by molar-refractivity contribution is 6.04. The summed E-state index contributed by atoms with van der Waals surface area (Å²) in [6.45, 7) is 2.51. The summed E-state index contributed by atoms with van der Waals surface area (Å²) in [4.78, 5) is 14.4. The normalized spacial score (nSPS) is 10.5. The lowest BCUT2D eigenvalue weighted by atomic mass is 10.1. The van der Waals surface area contributed by atoms with Crippen molar-refractivity contribution in [3.63, 3.8) is 0 Å². The third-order valence-electron chi connectivity index (χ3n) is 3.64. The molecule has 2 aromatic carbocycles. The number of nitrogens with two attached hydrogens (primary N) is 1. The molecule has 0 aliphatic rings. The van der Waals surface area contributed by atoms with Gasteiger partial charge >= 0.3 is 0 Å². The lowest BCUT2D eigenvalue weighted by Gasteiger charge is -2.19. The third-order valence-corrected chi connectivity index (χ3v) is 3.64. The zero-order valence-corrected chi connectivity index (χ0v) is 12.9. The molecule has 4 nitrogen and oxygen atoms in total. The van der Waals surface area contributed by atoms with Gasteiger partial charge in [-0.2, -0.15) is 0 Å². The zero-order valence-electron chi connectivity index (χ0n) is 12.9. The molecule has 1 amide bonds. The summed E-state index contributed by atoms with van der Waals surface area (Å²) in [6.07, 6.45) is 0. The summed E-state index contributed by atoms with van der Waals surface area (Å²) >= 11 is 0. The molecular formula is C19H18N2O2. The number of hydrogen-bond donors (Lipinski definition) is 1. The highest BCUT2D eigenvalue weighted by Crippen LogP contribution is 2.25. The average molecular weight is 306 g/mol. The van der Waals surface area contributed by atoms with Crippen molar-refractivity contribution < 1.29 is 9.21 Å². The molecule has 0 atom stereocenters. The van der Waals surface area contributed by atoms with Crippen LogP contribution < -0.4 is 10.6 Å². The standard InChI is InChI=1S/C19H18N2O2/c1-2-21(16-6-4-3-5-7-16)19(22)18-13-12-17(23-18)14-8-10-15(20)11-9-14/h3-13H,2,20H2,1H3. The Bertz CT molecular complexity index is 792. The Morgan fingerprint density at radius 2 is 1.70 bits per heavy atom. The van der Waals surface area contributed by atoms with Crippen LogP contribution in [0.4, 0.5) is 11.4 Å². The van der Waals surface area contributed by atoms with Crippen LogP contribution in [0, 0.1) is 0 Å². The van der Waals surface area contributed by atoms with Crippen LogP contribution >= 0.6 is 0 Å². The van der Waals surface area contributed by atoms with Gasteiger partial charge in [-0.15, -0.1) is 0 Å². The van der Waals surface area contributed by atoms with Gasteiger partial charge in [-0.25, -0.2) is 0 Å². The number of rotatable bonds is 4. The summed E-state index contributed by atoms with van der Waals surface area (Å²) in [5.41, 5.74) is 8.12. The van der Waals surface area contributed by atoms with E-state index in [1.807, 2.05) is 61.5 Å². The summed E-state index contributed by atoms with van der Waals surface area (Å²) in [5, 5.41) is 0. The average Bonchev–Trinajstić information content (AvgIpc) is 3.07. The smallest absolute Gasteiger partial charge is 0.293 e. The van der Waals surface area contributed by atoms with Crippen LogP contribution in [-0.2, 0) is 0 Å². The SMILES string of the molecule is CCN(C(=O)c1ccc(-c2ccc(N)cc2)o1)c1ccccc1. The highest BCUT2D eigenvalue weighted by Gasteiger charge is 2.19. The molecule has 116 valence electrons. The Kier molecular flexibility index (Phi) is 4.15. The van der Waals surface area contributed by atoms with Crippen molar-refractivity contribution in [2.24, 2.45) is 0 Å². The van der Waals surface area contributed by atoms with Gasteiger partial charge in [0.2, 0.25) is 0 Å². The minimum atomic E-state index is -0.152. The number of nitrogen functional groups attached to an aromatic ring is 1. The van der Waals surface area contributed by atoms with E-state index in [4.69, 9.17) is 10.2 Å². The van der Waals surface area contributed by atoms with E-state index in [0.717, 1.165) is 11.3 Å². The quantitative estimate of drug-likeness (QED) is 0.735. The predicted molar refractivity (Wildman–Crippen MR) is 92.3 cm³/mol. The van der Waals surface area contributed by atoms with Crippen molar-refractivity contribution >= 4 is 17.3 Å². The summed E-state index contributed by atoms with van der Waals surface area (Å²) in [7, 11) is 0. The molecule has 0 radical (unpaired) electrons. The van der Waals surface area contributed by atoms with Crippen molar-refractivity contribution in [2.45, 2.75) is 6.92 Å². The number of para-hydroxylation sites is 1. The van der Waals surface area contributed by atoms with Gasteiger partial charge < -0.3 is 15.1 Å². The largest absolute Gasteiger partial charge is 0.451 e. The summed E-state index contributed by atoms with van der Waals surface area (Å²) in [5.74, 6) is 0.820. The number of carbonyl (C=O) groups excluding carboxylic acids is 1. The van der Waals surface area contributed by atoms with Crippen molar-refractivity contribution in [2.75, 3.05) is 17.2 Å². The maximum absolute atomic E-state index is 12.7. The first-order valence-electron chi connectivity index (χ1n) is 7.51. The Balaban J connectivity index is 1.87. The first-order valence-corrected chi connectivity index (χ1v) is 7.51. The van der Waals surface area contributed by atoms with Crippen LogP contribution in [0.2, 0.25) is 0 Å². The maximum atomic E-state index is 12.7. The number of carbonyl (C=O) groups is 1. The van der Waals surface area contributed by atoms with Crippen LogP contribution in [0.15, 0.2) is 71.1 Å². The monoisotopic (exact) mass is 306 g/mol. The molecule has 0 unspecified atom stereocenters. The van der Waals surface area contributed by atoms with Gasteiger partial charge in [0, 0.05) is 23.5 Å². The third kappa shape index (κ3) is 3.11. The van der Waals surface area contributed by atoms with E-state index in [9.17, 15) is 4.79 Å². The number of amides is 1. The second-order valence-corrected chi connectivity index (χ2v) is 5.17. The van der Waals surface area contributed by atoms with Gasteiger partial charge in [-0.05, 0) is 55.5 Å². The number of nitrogens with zero attached hydrogens (tertiary/aromatic N) is 1. The highest BCUT2D eigenvalue weighted by atomic mass is 16.4. The van der Waals surface area contributed by atoms with E-state index in [1.54, 1.807) is 17.0 Å². The van der Waals surface area contributed by atoms with Crippen LogP contribution in [0.5, 0.6) is 0 Å². The van der Waals surface area contributed by atoms with E-state index in [1.165, 1.54) is 0 Å². The van der Waals surface area contributed by atoms with E-state index in [0.29, 0.717) is 23.8 Å². The van der Waals surface area contributed by atoms with E-state index >= 15 is 0 Å². The minimum Gasteiger partial charge on any atom is -0.451 e. The number of furan rings is 1. The molecule has 4 heteroatoms. The van der Waals surface area contributed by atoms with Gasteiger partial charge in [0.05, 0.1) is 0 Å². The lowest BCUT2D eigenvalue weighted by molar-refractivity contribution is 0.0962. The molecule has 2 N–H and O–H groups in total. The molecule has 0 aliphatic heterocycles. The molecule has 1 aromatic heterocycles. The topological polar surface area (TPSA) is 59.5 Å². The molecule has 23 heavy (non-hydrogen) atoms. The van der Waals surface area contributed by atoms with Crippen molar-refractivity contribution in [1.82, 2.24) is 0 Å². The summed E-state index contributed by atoms with van der Waals surface area (Å²) < 4.78 is 5.74. The van der Waals surface area contributed by atoms with Gasteiger partial charge in [-0.1, -0.05) is 18.2 Å². The molecule has 0 saturated heterocycles. The fourth-order valence-corrected chi connectivity index (χ4v) is 2.44. The fraction of sp³-hybridized carbons (Fsp3) is 0.105. The maximum Gasteiger partial charge on any atom is 0.293 e. The Labute approximate surface area is 135 Å². The Morgan fingerprint density at radius 1 is 1.00 bits per heavy atom. The number of hydrogen-bond acceptors (Lipinski definition) is 3.